The third-order valence-corrected chi connectivity index (χ3v) is 6.23. The molecule has 2 N–H and O–H groups in total. The molecule has 1 aliphatic heterocycles. The fourth-order valence-corrected chi connectivity index (χ4v) is 4.88. The lowest BCUT2D eigenvalue weighted by Gasteiger charge is -2.26. The van der Waals surface area contributed by atoms with Crippen LogP contribution in [0.5, 0.6) is 0 Å². The van der Waals surface area contributed by atoms with Crippen LogP contribution in [0, 0.1) is 0 Å². The lowest BCUT2D eigenvalue weighted by molar-refractivity contribution is -0.114. The molecule has 0 radical (unpaired) electrons. The summed E-state index contributed by atoms with van der Waals surface area (Å²) in [6.45, 7) is 3.33. The fourth-order valence-electron chi connectivity index (χ4n) is 3.90. The van der Waals surface area contributed by atoms with E-state index in [9.17, 15) is 4.79 Å². The predicted molar refractivity (Wildman–Crippen MR) is 109 cm³/mol. The number of hydrogen-bond acceptors (Lipinski definition) is 3. The minimum absolute atomic E-state index is 0.301. The van der Waals surface area contributed by atoms with Gasteiger partial charge in [0.15, 0.2) is 0 Å². The summed E-state index contributed by atoms with van der Waals surface area (Å²) in [5.74, 6) is 2.15. The maximum atomic E-state index is 12.0. The Labute approximate surface area is 159 Å². The van der Waals surface area contributed by atoms with Crippen LogP contribution in [0.15, 0.2) is 54.1 Å². The fraction of sp³-hybridized carbons (Fsp3) is 0.318. The highest BCUT2D eigenvalue weighted by Gasteiger charge is 2.23. The molecule has 0 unspecified atom stereocenters. The van der Waals surface area contributed by atoms with Crippen LogP contribution < -0.4 is 5.73 Å². The summed E-state index contributed by atoms with van der Waals surface area (Å²) in [5, 5.41) is 0. The molecule has 0 spiro atoms. The number of aryl methyl sites for hydroxylation is 1. The second kappa shape index (κ2) is 7.68. The average Bonchev–Trinajstić information content (AvgIpc) is 2.68. The molecule has 0 aromatic heterocycles. The van der Waals surface area contributed by atoms with Gasteiger partial charge in [-0.3, -0.25) is 9.69 Å². The van der Waals surface area contributed by atoms with Gasteiger partial charge in [-0.25, -0.2) is 0 Å². The quantitative estimate of drug-likeness (QED) is 0.904. The maximum absolute atomic E-state index is 12.0. The van der Waals surface area contributed by atoms with E-state index in [2.05, 4.69) is 47.4 Å². The number of nitrogens with two attached hydrogens (primary N) is 1. The van der Waals surface area contributed by atoms with E-state index in [-0.39, 0.29) is 5.91 Å². The SMILES string of the molecule is NC(=O)C1=C(c2ccc(CN3CCSCC3)cc2)c2ccccc2CC1. The highest BCUT2D eigenvalue weighted by Crippen LogP contribution is 2.36. The smallest absolute Gasteiger partial charge is 0.245 e. The Morgan fingerprint density at radius 2 is 1.73 bits per heavy atom. The first kappa shape index (κ1) is 17.4. The van der Waals surface area contributed by atoms with Crippen molar-refractivity contribution in [1.29, 1.82) is 0 Å². The summed E-state index contributed by atoms with van der Waals surface area (Å²) >= 11 is 2.04. The monoisotopic (exact) mass is 364 g/mol. The van der Waals surface area contributed by atoms with Gasteiger partial charge in [-0.15, -0.1) is 0 Å². The second-order valence-electron chi connectivity index (χ2n) is 6.96. The molecule has 2 aromatic carbocycles. The van der Waals surface area contributed by atoms with Crippen LogP contribution in [0.4, 0.5) is 0 Å². The van der Waals surface area contributed by atoms with Crippen LogP contribution in [0.2, 0.25) is 0 Å². The zero-order valence-corrected chi connectivity index (χ0v) is 15.7. The molecule has 2 aromatic rings. The van der Waals surface area contributed by atoms with Crippen LogP contribution in [-0.2, 0) is 17.8 Å². The summed E-state index contributed by atoms with van der Waals surface area (Å²) in [5.41, 5.74) is 12.3. The molecule has 1 saturated heterocycles. The van der Waals surface area contributed by atoms with Gasteiger partial charge in [-0.05, 0) is 40.7 Å². The summed E-state index contributed by atoms with van der Waals surface area (Å²) in [4.78, 5) is 14.5. The van der Waals surface area contributed by atoms with Gasteiger partial charge in [0.1, 0.15) is 0 Å². The Kier molecular flexibility index (Phi) is 5.14. The third-order valence-electron chi connectivity index (χ3n) is 5.28. The Morgan fingerprint density at radius 3 is 2.46 bits per heavy atom. The zero-order chi connectivity index (χ0) is 17.9. The third kappa shape index (κ3) is 3.57. The van der Waals surface area contributed by atoms with Gasteiger partial charge in [-0.2, -0.15) is 11.8 Å². The first-order valence-corrected chi connectivity index (χ1v) is 10.4. The van der Waals surface area contributed by atoms with Gasteiger partial charge in [0.05, 0.1) is 0 Å². The summed E-state index contributed by atoms with van der Waals surface area (Å²) < 4.78 is 0. The number of thioether (sulfide) groups is 1. The highest BCUT2D eigenvalue weighted by atomic mass is 32.2. The molecule has 0 saturated carbocycles. The van der Waals surface area contributed by atoms with Crippen molar-refractivity contribution in [2.45, 2.75) is 19.4 Å². The number of hydrogen-bond donors (Lipinski definition) is 1. The molecule has 0 atom stereocenters. The number of benzene rings is 2. The molecule has 1 heterocycles. The van der Waals surface area contributed by atoms with Crippen LogP contribution in [0.25, 0.3) is 5.57 Å². The largest absolute Gasteiger partial charge is 0.366 e. The summed E-state index contributed by atoms with van der Waals surface area (Å²) in [6.07, 6.45) is 1.60. The molecule has 4 rings (SSSR count). The normalized spacial score (nSPS) is 17.8. The lowest BCUT2D eigenvalue weighted by atomic mass is 9.82. The molecular formula is C22H24N2OS. The molecule has 1 aliphatic carbocycles. The Morgan fingerprint density at radius 1 is 1.00 bits per heavy atom. The summed E-state index contributed by atoms with van der Waals surface area (Å²) in [7, 11) is 0. The van der Waals surface area contributed by atoms with Gasteiger partial charge in [0.25, 0.3) is 0 Å². The van der Waals surface area contributed by atoms with Gasteiger partial charge in [0, 0.05) is 36.7 Å². The minimum Gasteiger partial charge on any atom is -0.366 e. The number of primary amides is 1. The van der Waals surface area contributed by atoms with E-state index in [4.69, 9.17) is 5.73 Å². The number of carbonyl (C=O) groups is 1. The minimum atomic E-state index is -0.301. The zero-order valence-electron chi connectivity index (χ0n) is 14.9. The van der Waals surface area contributed by atoms with E-state index < -0.39 is 0 Å². The van der Waals surface area contributed by atoms with Crippen molar-refractivity contribution in [2.75, 3.05) is 24.6 Å². The lowest BCUT2D eigenvalue weighted by Crippen LogP contribution is -2.31. The number of fused-ring (bicyclic) bond motifs is 1. The van der Waals surface area contributed by atoms with Crippen molar-refractivity contribution in [3.05, 3.63) is 76.4 Å². The Balaban J connectivity index is 1.65. The number of rotatable bonds is 4. The number of carbonyl (C=O) groups excluding carboxylic acids is 1. The average molecular weight is 365 g/mol. The first-order chi connectivity index (χ1) is 12.7. The van der Waals surface area contributed by atoms with E-state index in [1.165, 1.54) is 22.6 Å². The first-order valence-electron chi connectivity index (χ1n) is 9.23. The topological polar surface area (TPSA) is 46.3 Å². The van der Waals surface area contributed by atoms with E-state index >= 15 is 0 Å². The molecule has 1 fully saturated rings. The Bertz CT molecular complexity index is 835. The van der Waals surface area contributed by atoms with E-state index in [0.29, 0.717) is 0 Å². The molecular weight excluding hydrogens is 340 g/mol. The van der Waals surface area contributed by atoms with Crippen LogP contribution >= 0.6 is 11.8 Å². The molecule has 0 bridgehead atoms. The van der Waals surface area contributed by atoms with E-state index in [1.807, 2.05) is 17.8 Å². The molecule has 4 heteroatoms. The van der Waals surface area contributed by atoms with Crippen LogP contribution in [0.1, 0.15) is 28.7 Å². The number of nitrogens with zero attached hydrogens (tertiary/aromatic N) is 1. The van der Waals surface area contributed by atoms with Gasteiger partial charge >= 0.3 is 0 Å². The van der Waals surface area contributed by atoms with Crippen molar-refractivity contribution in [3.63, 3.8) is 0 Å². The van der Waals surface area contributed by atoms with Gasteiger partial charge in [0.2, 0.25) is 5.91 Å². The molecule has 26 heavy (non-hydrogen) atoms. The Hall–Kier alpha value is -2.04. The molecule has 2 aliphatic rings. The van der Waals surface area contributed by atoms with Gasteiger partial charge < -0.3 is 5.73 Å². The van der Waals surface area contributed by atoms with Crippen molar-refractivity contribution in [3.8, 4) is 0 Å². The molecule has 134 valence electrons. The molecule has 1 amide bonds. The predicted octanol–water partition coefficient (Wildman–Crippen LogP) is 3.47. The van der Waals surface area contributed by atoms with Crippen molar-refractivity contribution < 1.29 is 4.79 Å². The molecule has 3 nitrogen and oxygen atoms in total. The number of amides is 1. The second-order valence-corrected chi connectivity index (χ2v) is 8.19. The van der Waals surface area contributed by atoms with Crippen molar-refractivity contribution in [2.24, 2.45) is 5.73 Å². The van der Waals surface area contributed by atoms with Crippen molar-refractivity contribution in [1.82, 2.24) is 4.90 Å². The summed E-state index contributed by atoms with van der Waals surface area (Å²) in [6, 6.07) is 17.0. The van der Waals surface area contributed by atoms with Crippen molar-refractivity contribution >= 4 is 23.2 Å². The van der Waals surface area contributed by atoms with E-state index in [1.54, 1.807) is 0 Å². The van der Waals surface area contributed by atoms with Gasteiger partial charge in [-0.1, -0.05) is 48.5 Å². The van der Waals surface area contributed by atoms with Crippen LogP contribution in [-0.4, -0.2) is 35.4 Å². The standard InChI is InChI=1S/C22H24N2OS/c23-22(25)20-10-9-17-3-1-2-4-19(17)21(20)18-7-5-16(6-8-18)15-24-11-13-26-14-12-24/h1-8H,9-15H2,(H2,23,25). The van der Waals surface area contributed by atoms with Crippen LogP contribution in [0.3, 0.4) is 0 Å². The van der Waals surface area contributed by atoms with E-state index in [0.717, 1.165) is 54.7 Å². The highest BCUT2D eigenvalue weighted by molar-refractivity contribution is 7.99. The maximum Gasteiger partial charge on any atom is 0.245 e.